The Balaban J connectivity index is 1.53. The van der Waals surface area contributed by atoms with Crippen molar-refractivity contribution in [3.05, 3.63) is 94.1 Å². The van der Waals surface area contributed by atoms with Crippen LogP contribution >= 0.6 is 11.6 Å². The summed E-state index contributed by atoms with van der Waals surface area (Å²) in [5, 5.41) is 3.04. The number of carbonyl (C=O) groups excluding carboxylic acids is 2. The van der Waals surface area contributed by atoms with Crippen molar-refractivity contribution in [1.82, 2.24) is 5.32 Å². The topological polar surface area (TPSA) is 67.9 Å². The zero-order valence-electron chi connectivity index (χ0n) is 17.6. The Morgan fingerprint density at radius 3 is 2.50 bits per heavy atom. The lowest BCUT2D eigenvalue weighted by Crippen LogP contribution is -2.30. The molecule has 32 heavy (non-hydrogen) atoms. The molecule has 7 heteroatoms. The van der Waals surface area contributed by atoms with E-state index < -0.39 is 11.9 Å². The summed E-state index contributed by atoms with van der Waals surface area (Å²) in [5.41, 5.74) is 3.47. The van der Waals surface area contributed by atoms with Crippen LogP contribution in [-0.4, -0.2) is 19.0 Å². The molecule has 3 amide bonds. The first kappa shape index (κ1) is 21.5. The number of hydrogen-bond acceptors (Lipinski definition) is 4. The highest BCUT2D eigenvalue weighted by atomic mass is 35.5. The van der Waals surface area contributed by atoms with Gasteiger partial charge in [0.1, 0.15) is 12.3 Å². The number of benzene rings is 3. The van der Waals surface area contributed by atoms with Crippen molar-refractivity contribution in [1.29, 1.82) is 0 Å². The van der Waals surface area contributed by atoms with Crippen molar-refractivity contribution in [3.8, 4) is 11.5 Å². The fourth-order valence-corrected chi connectivity index (χ4v) is 3.47. The second-order valence-corrected chi connectivity index (χ2v) is 7.73. The van der Waals surface area contributed by atoms with E-state index in [1.54, 1.807) is 55.7 Å². The Morgan fingerprint density at radius 1 is 1.00 bits per heavy atom. The van der Waals surface area contributed by atoms with Gasteiger partial charge in [0.25, 0.3) is 5.91 Å². The molecule has 1 saturated heterocycles. The minimum Gasteiger partial charge on any atom is -0.493 e. The number of halogens is 1. The van der Waals surface area contributed by atoms with Crippen LogP contribution in [0.2, 0.25) is 5.02 Å². The number of rotatable bonds is 6. The highest BCUT2D eigenvalue weighted by Gasteiger charge is 2.34. The van der Waals surface area contributed by atoms with Gasteiger partial charge in [0, 0.05) is 5.02 Å². The van der Waals surface area contributed by atoms with Gasteiger partial charge in [-0.25, -0.2) is 9.69 Å². The fraction of sp³-hybridized carbons (Fsp3) is 0.120. The van der Waals surface area contributed by atoms with Gasteiger partial charge in [-0.3, -0.25) is 4.79 Å². The van der Waals surface area contributed by atoms with Crippen molar-refractivity contribution in [2.75, 3.05) is 12.0 Å². The monoisotopic (exact) mass is 448 g/mol. The molecular weight excluding hydrogens is 428 g/mol. The molecule has 0 atom stereocenters. The molecule has 3 aromatic rings. The Bertz CT molecular complexity index is 1200. The van der Waals surface area contributed by atoms with Crippen molar-refractivity contribution in [2.45, 2.75) is 13.5 Å². The summed E-state index contributed by atoms with van der Waals surface area (Å²) < 4.78 is 11.4. The quantitative estimate of drug-likeness (QED) is 0.408. The van der Waals surface area contributed by atoms with E-state index >= 15 is 0 Å². The third kappa shape index (κ3) is 4.60. The molecule has 1 N–H and O–H groups in total. The fourth-order valence-electron chi connectivity index (χ4n) is 3.29. The molecule has 0 radical (unpaired) electrons. The minimum absolute atomic E-state index is 0.158. The van der Waals surface area contributed by atoms with Crippen LogP contribution in [0.25, 0.3) is 6.08 Å². The number of carbonyl (C=O) groups is 2. The van der Waals surface area contributed by atoms with Gasteiger partial charge in [-0.05, 0) is 54.5 Å². The predicted molar refractivity (Wildman–Crippen MR) is 124 cm³/mol. The summed E-state index contributed by atoms with van der Waals surface area (Å²) in [6, 6.07) is 19.4. The van der Waals surface area contributed by atoms with Crippen molar-refractivity contribution in [3.63, 3.8) is 0 Å². The maximum Gasteiger partial charge on any atom is 0.333 e. The van der Waals surface area contributed by atoms with Gasteiger partial charge in [-0.2, -0.15) is 0 Å². The first-order valence-corrected chi connectivity index (χ1v) is 10.3. The zero-order valence-corrected chi connectivity index (χ0v) is 18.3. The third-order valence-corrected chi connectivity index (χ3v) is 5.19. The number of nitrogens with zero attached hydrogens (tertiary/aromatic N) is 1. The predicted octanol–water partition coefficient (Wildman–Crippen LogP) is 5.33. The van der Waals surface area contributed by atoms with E-state index in [0.717, 1.165) is 10.5 Å². The van der Waals surface area contributed by atoms with Crippen LogP contribution in [0.5, 0.6) is 11.5 Å². The van der Waals surface area contributed by atoms with Gasteiger partial charge in [0.05, 0.1) is 12.8 Å². The van der Waals surface area contributed by atoms with E-state index in [2.05, 4.69) is 5.32 Å². The summed E-state index contributed by atoms with van der Waals surface area (Å²) in [7, 11) is 1.55. The highest BCUT2D eigenvalue weighted by molar-refractivity contribution is 6.32. The van der Waals surface area contributed by atoms with E-state index in [-0.39, 0.29) is 5.70 Å². The number of imide groups is 1. The molecule has 1 aliphatic rings. The third-order valence-electron chi connectivity index (χ3n) is 4.96. The smallest absolute Gasteiger partial charge is 0.333 e. The first-order valence-electron chi connectivity index (χ1n) is 9.93. The van der Waals surface area contributed by atoms with Crippen LogP contribution in [0.1, 0.15) is 16.7 Å². The normalized spacial score (nSPS) is 14.6. The molecule has 0 unspecified atom stereocenters. The molecule has 1 aliphatic heterocycles. The number of amides is 3. The molecular formula is C25H21ClN2O4. The Kier molecular flexibility index (Phi) is 6.14. The molecule has 0 aromatic heterocycles. The van der Waals surface area contributed by atoms with Gasteiger partial charge in [0.15, 0.2) is 11.5 Å². The number of anilines is 1. The average Bonchev–Trinajstić information content (AvgIpc) is 3.06. The van der Waals surface area contributed by atoms with Crippen LogP contribution in [0.15, 0.2) is 72.4 Å². The van der Waals surface area contributed by atoms with Crippen molar-refractivity contribution >= 4 is 35.3 Å². The number of methoxy groups -OCH3 is 1. The number of hydrogen-bond donors (Lipinski definition) is 1. The lowest BCUT2D eigenvalue weighted by Gasteiger charge is -2.12. The highest BCUT2D eigenvalue weighted by Crippen LogP contribution is 2.31. The average molecular weight is 449 g/mol. The molecule has 6 nitrogen and oxygen atoms in total. The van der Waals surface area contributed by atoms with Crippen LogP contribution in [-0.2, 0) is 11.4 Å². The SMILES string of the molecule is COc1cc(C=C2NC(=O)N(c3cccc(Cl)c3)C2=O)ccc1OCc1ccc(C)cc1. The van der Waals surface area contributed by atoms with Crippen LogP contribution in [0.3, 0.4) is 0 Å². The minimum atomic E-state index is -0.534. The van der Waals surface area contributed by atoms with Gasteiger partial charge >= 0.3 is 6.03 Å². The summed E-state index contributed by atoms with van der Waals surface area (Å²) in [5.74, 6) is 0.642. The molecule has 0 aliphatic carbocycles. The van der Waals surface area contributed by atoms with Gasteiger partial charge in [0.2, 0.25) is 0 Å². The summed E-state index contributed by atoms with van der Waals surface area (Å²) >= 11 is 5.99. The lowest BCUT2D eigenvalue weighted by atomic mass is 10.1. The Morgan fingerprint density at radius 2 is 1.78 bits per heavy atom. The van der Waals surface area contributed by atoms with Gasteiger partial charge in [-0.15, -0.1) is 0 Å². The van der Waals surface area contributed by atoms with E-state index in [4.69, 9.17) is 21.1 Å². The lowest BCUT2D eigenvalue weighted by molar-refractivity contribution is -0.113. The van der Waals surface area contributed by atoms with E-state index in [0.29, 0.717) is 34.4 Å². The molecule has 4 rings (SSSR count). The van der Waals surface area contributed by atoms with E-state index in [1.165, 1.54) is 5.56 Å². The van der Waals surface area contributed by atoms with Gasteiger partial charge in [-0.1, -0.05) is 53.6 Å². The second kappa shape index (κ2) is 9.16. The van der Waals surface area contributed by atoms with Crippen molar-refractivity contribution in [2.24, 2.45) is 0 Å². The maximum atomic E-state index is 12.8. The Hall–Kier alpha value is -3.77. The largest absolute Gasteiger partial charge is 0.493 e. The molecule has 3 aromatic carbocycles. The van der Waals surface area contributed by atoms with Crippen LogP contribution in [0, 0.1) is 6.92 Å². The van der Waals surface area contributed by atoms with Crippen LogP contribution in [0.4, 0.5) is 10.5 Å². The van der Waals surface area contributed by atoms with E-state index in [9.17, 15) is 9.59 Å². The standard InChI is InChI=1S/C25H21ClN2O4/c1-16-6-8-17(9-7-16)15-32-22-11-10-18(13-23(22)31-2)12-21-24(29)28(25(30)27-21)20-5-3-4-19(26)14-20/h3-14H,15H2,1-2H3,(H,27,30). The van der Waals surface area contributed by atoms with Crippen LogP contribution < -0.4 is 19.7 Å². The van der Waals surface area contributed by atoms with E-state index in [1.807, 2.05) is 31.2 Å². The molecule has 1 fully saturated rings. The van der Waals surface area contributed by atoms with Gasteiger partial charge < -0.3 is 14.8 Å². The summed E-state index contributed by atoms with van der Waals surface area (Å²) in [4.78, 5) is 26.2. The second-order valence-electron chi connectivity index (χ2n) is 7.29. The summed E-state index contributed by atoms with van der Waals surface area (Å²) in [6.45, 7) is 2.44. The maximum absolute atomic E-state index is 12.8. The molecule has 0 spiro atoms. The number of aryl methyl sites for hydroxylation is 1. The number of ether oxygens (including phenoxy) is 2. The zero-order chi connectivity index (χ0) is 22.7. The number of nitrogens with one attached hydrogen (secondary N) is 1. The molecule has 0 saturated carbocycles. The molecule has 1 heterocycles. The summed E-state index contributed by atoms with van der Waals surface area (Å²) in [6.07, 6.45) is 1.59. The first-order chi connectivity index (χ1) is 15.4. The van der Waals surface area contributed by atoms with Crippen molar-refractivity contribution < 1.29 is 19.1 Å². The number of urea groups is 1. The molecule has 0 bridgehead atoms. The Labute approximate surface area is 191 Å². The molecule has 162 valence electrons.